The minimum Gasteiger partial charge on any atom is -0.266 e. The molecule has 0 atom stereocenters. The summed E-state index contributed by atoms with van der Waals surface area (Å²) >= 11 is 6.01. The van der Waals surface area contributed by atoms with Gasteiger partial charge in [-0.1, -0.05) is 23.7 Å². The quantitative estimate of drug-likeness (QED) is 0.708. The molecule has 0 spiro atoms. The molecule has 5 nitrogen and oxygen atoms in total. The third-order valence-corrected chi connectivity index (χ3v) is 5.76. The van der Waals surface area contributed by atoms with E-state index in [9.17, 15) is 12.8 Å². The smallest absolute Gasteiger partial charge is 0.263 e. The van der Waals surface area contributed by atoms with Crippen molar-refractivity contribution in [2.24, 2.45) is 0 Å². The molecule has 1 heterocycles. The van der Waals surface area contributed by atoms with Crippen LogP contribution < -0.4 is 4.72 Å². The number of anilines is 1. The van der Waals surface area contributed by atoms with Crippen LogP contribution >= 0.6 is 11.6 Å². The second-order valence-corrected chi connectivity index (χ2v) is 8.04. The van der Waals surface area contributed by atoms with Crippen LogP contribution in [0, 0.1) is 19.7 Å². The molecule has 3 rings (SSSR count). The number of nitrogens with zero attached hydrogens (tertiary/aromatic N) is 2. The average Bonchev–Trinajstić information content (AvgIpc) is 3.00. The van der Waals surface area contributed by atoms with Gasteiger partial charge < -0.3 is 0 Å². The lowest BCUT2D eigenvalue weighted by atomic mass is 10.1. The predicted octanol–water partition coefficient (Wildman–Crippen LogP) is 4.14. The highest BCUT2D eigenvalue weighted by Gasteiger charge is 2.17. The predicted molar refractivity (Wildman–Crippen MR) is 99.5 cm³/mol. The fourth-order valence-electron chi connectivity index (χ4n) is 2.43. The Labute approximate surface area is 156 Å². The summed E-state index contributed by atoms with van der Waals surface area (Å²) in [5.74, 6) is -0.291. The molecule has 0 saturated heterocycles. The first-order valence-electron chi connectivity index (χ1n) is 7.83. The first kappa shape index (κ1) is 18.4. The van der Waals surface area contributed by atoms with E-state index in [-0.39, 0.29) is 22.3 Å². The van der Waals surface area contributed by atoms with Crippen molar-refractivity contribution in [3.8, 4) is 0 Å². The van der Waals surface area contributed by atoms with E-state index in [4.69, 9.17) is 11.6 Å². The van der Waals surface area contributed by atoms with Crippen LogP contribution in [-0.4, -0.2) is 18.2 Å². The summed E-state index contributed by atoms with van der Waals surface area (Å²) in [6.45, 7) is 3.85. The van der Waals surface area contributed by atoms with E-state index in [0.29, 0.717) is 5.56 Å². The summed E-state index contributed by atoms with van der Waals surface area (Å²) in [5, 5.41) is 4.43. The van der Waals surface area contributed by atoms with E-state index in [0.717, 1.165) is 11.1 Å². The molecule has 1 aromatic heterocycles. The lowest BCUT2D eigenvalue weighted by Crippen LogP contribution is -2.14. The number of aromatic nitrogens is 2. The van der Waals surface area contributed by atoms with Gasteiger partial charge in [0.05, 0.1) is 11.4 Å². The number of hydrogen-bond donors (Lipinski definition) is 1. The maximum atomic E-state index is 13.9. The van der Waals surface area contributed by atoms with Crippen molar-refractivity contribution in [2.75, 3.05) is 4.72 Å². The van der Waals surface area contributed by atoms with Gasteiger partial charge in [-0.15, -0.1) is 0 Å². The molecule has 1 N–H and O–H groups in total. The third-order valence-electron chi connectivity index (χ3n) is 4.05. The summed E-state index contributed by atoms with van der Waals surface area (Å²) in [6.07, 6.45) is 1.56. The lowest BCUT2D eigenvalue weighted by Gasteiger charge is -2.08. The molecule has 0 saturated carbocycles. The topological polar surface area (TPSA) is 64.0 Å². The van der Waals surface area contributed by atoms with Crippen LogP contribution in [0.2, 0.25) is 5.02 Å². The van der Waals surface area contributed by atoms with Crippen molar-refractivity contribution in [3.05, 3.63) is 76.2 Å². The zero-order valence-electron chi connectivity index (χ0n) is 14.2. The Morgan fingerprint density at radius 3 is 2.62 bits per heavy atom. The minimum atomic E-state index is -3.75. The van der Waals surface area contributed by atoms with Gasteiger partial charge in [0.1, 0.15) is 5.82 Å². The summed E-state index contributed by atoms with van der Waals surface area (Å²) in [5.41, 5.74) is 2.18. The van der Waals surface area contributed by atoms with Crippen molar-refractivity contribution in [1.82, 2.24) is 9.78 Å². The Morgan fingerprint density at radius 2 is 1.92 bits per heavy atom. The van der Waals surface area contributed by atoms with Crippen molar-refractivity contribution in [3.63, 3.8) is 0 Å². The van der Waals surface area contributed by atoms with E-state index in [1.807, 2.05) is 13.8 Å². The third kappa shape index (κ3) is 3.89. The van der Waals surface area contributed by atoms with Crippen molar-refractivity contribution < 1.29 is 12.8 Å². The summed E-state index contributed by atoms with van der Waals surface area (Å²) in [7, 11) is -3.75. The van der Waals surface area contributed by atoms with Crippen molar-refractivity contribution in [1.29, 1.82) is 0 Å². The van der Waals surface area contributed by atoms with Crippen molar-refractivity contribution in [2.45, 2.75) is 25.3 Å². The fraction of sp³-hybridized carbons (Fsp3) is 0.167. The molecule has 26 heavy (non-hydrogen) atoms. The first-order chi connectivity index (χ1) is 12.3. The van der Waals surface area contributed by atoms with Gasteiger partial charge in [-0.3, -0.25) is 9.40 Å². The second-order valence-electron chi connectivity index (χ2n) is 5.95. The van der Waals surface area contributed by atoms with E-state index in [1.165, 1.54) is 22.9 Å². The minimum absolute atomic E-state index is 0.0941. The maximum Gasteiger partial charge on any atom is 0.263 e. The molecular weight excluding hydrogens is 377 g/mol. The standard InChI is InChI=1S/C18H17ClFN3O2S/c1-12-6-7-14(10-13(12)2)26(24,25)22-18-8-9-23(21-18)11-15-16(19)4-3-5-17(15)20/h3-10H,11H2,1-2H3,(H,21,22). The zero-order valence-corrected chi connectivity index (χ0v) is 15.8. The van der Waals surface area contributed by atoms with Crippen LogP contribution in [0.25, 0.3) is 0 Å². The van der Waals surface area contributed by atoms with Gasteiger partial charge in [0.2, 0.25) is 0 Å². The van der Waals surface area contributed by atoms with Gasteiger partial charge >= 0.3 is 0 Å². The molecular formula is C18H17ClFN3O2S. The molecule has 2 aromatic carbocycles. The molecule has 136 valence electrons. The number of hydrogen-bond acceptors (Lipinski definition) is 3. The van der Waals surface area contributed by atoms with Crippen LogP contribution in [-0.2, 0) is 16.6 Å². The Hall–Kier alpha value is -2.38. The van der Waals surface area contributed by atoms with Gasteiger partial charge in [-0.25, -0.2) is 12.8 Å². The van der Waals surface area contributed by atoms with Gasteiger partial charge in [0.15, 0.2) is 5.82 Å². The van der Waals surface area contributed by atoms with Gasteiger partial charge in [0.25, 0.3) is 10.0 Å². The van der Waals surface area contributed by atoms with Crippen LogP contribution in [0.3, 0.4) is 0 Å². The number of halogens is 2. The summed E-state index contributed by atoms with van der Waals surface area (Å²) < 4.78 is 42.7. The molecule has 0 aliphatic rings. The average molecular weight is 394 g/mol. The summed E-state index contributed by atoms with van der Waals surface area (Å²) in [6, 6.07) is 10.8. The molecule has 3 aromatic rings. The van der Waals surface area contributed by atoms with E-state index < -0.39 is 15.8 Å². The molecule has 0 aliphatic carbocycles. The van der Waals surface area contributed by atoms with Crippen LogP contribution in [0.1, 0.15) is 16.7 Å². The van der Waals surface area contributed by atoms with E-state index in [1.54, 1.807) is 30.5 Å². The first-order valence-corrected chi connectivity index (χ1v) is 9.69. The maximum absolute atomic E-state index is 13.9. The number of rotatable bonds is 5. The van der Waals surface area contributed by atoms with Crippen molar-refractivity contribution >= 4 is 27.4 Å². The number of sulfonamides is 1. The van der Waals surface area contributed by atoms with E-state index in [2.05, 4.69) is 9.82 Å². The Bertz CT molecular complexity index is 1040. The number of nitrogens with one attached hydrogen (secondary N) is 1. The van der Waals surface area contributed by atoms with Gasteiger partial charge in [-0.2, -0.15) is 5.10 Å². The molecule has 0 radical (unpaired) electrons. The fourth-order valence-corrected chi connectivity index (χ4v) is 3.73. The largest absolute Gasteiger partial charge is 0.266 e. The van der Waals surface area contributed by atoms with Crippen LogP contribution in [0.5, 0.6) is 0 Å². The van der Waals surface area contributed by atoms with Gasteiger partial charge in [0, 0.05) is 22.8 Å². The van der Waals surface area contributed by atoms with Crippen LogP contribution in [0.4, 0.5) is 10.2 Å². The Morgan fingerprint density at radius 1 is 1.15 bits per heavy atom. The molecule has 8 heteroatoms. The highest BCUT2D eigenvalue weighted by molar-refractivity contribution is 7.92. The molecule has 0 aliphatic heterocycles. The lowest BCUT2D eigenvalue weighted by molar-refractivity contribution is 0.585. The normalized spacial score (nSPS) is 11.5. The molecule has 0 bridgehead atoms. The van der Waals surface area contributed by atoms with E-state index >= 15 is 0 Å². The Kier molecular flexibility index (Phi) is 5.02. The molecule has 0 unspecified atom stereocenters. The second kappa shape index (κ2) is 7.09. The number of aryl methyl sites for hydroxylation is 2. The number of benzene rings is 2. The highest BCUT2D eigenvalue weighted by Crippen LogP contribution is 2.21. The summed E-state index contributed by atoms with van der Waals surface area (Å²) in [4.78, 5) is 0.160. The highest BCUT2D eigenvalue weighted by atomic mass is 35.5. The SMILES string of the molecule is Cc1ccc(S(=O)(=O)Nc2ccn(Cc3c(F)cccc3Cl)n2)cc1C. The zero-order chi connectivity index (χ0) is 18.9. The Balaban J connectivity index is 1.80. The molecule has 0 amide bonds. The van der Waals surface area contributed by atoms with Gasteiger partial charge in [-0.05, 0) is 49.2 Å². The van der Waals surface area contributed by atoms with Crippen LogP contribution in [0.15, 0.2) is 53.6 Å². The monoisotopic (exact) mass is 393 g/mol. The molecule has 0 fully saturated rings.